The fourth-order valence-electron chi connectivity index (χ4n) is 3.17. The van der Waals surface area contributed by atoms with E-state index in [1.54, 1.807) is 0 Å². The van der Waals surface area contributed by atoms with Gasteiger partial charge in [0, 0.05) is 15.1 Å². The van der Waals surface area contributed by atoms with Crippen LogP contribution < -0.4 is 4.74 Å². The number of halogens is 2. The molecular formula is C24H17BrClN5O2. The quantitative estimate of drug-likeness (QED) is 0.277. The second-order valence-electron chi connectivity index (χ2n) is 7.27. The molecule has 0 unspecified atom stereocenters. The maximum atomic E-state index is 5.91. The standard InChI is InChI=1S/C24H17BrClN5O2/c25-18-3-1-2-17(13-18)22-28-23(30-29-22)24-27-21(33-31-24)12-15-6-10-20(11-7-15)32-14-16-4-8-19(26)9-5-16/h1-11,13H,12,14H2,(H,28,29,30). The Kier molecular flexibility index (Phi) is 6.19. The van der Waals surface area contributed by atoms with E-state index in [2.05, 4.69) is 41.3 Å². The number of nitrogens with zero attached hydrogens (tertiary/aromatic N) is 4. The first-order chi connectivity index (χ1) is 16.1. The van der Waals surface area contributed by atoms with Crippen LogP contribution in [0.1, 0.15) is 17.0 Å². The molecule has 2 aromatic heterocycles. The summed E-state index contributed by atoms with van der Waals surface area (Å²) >= 11 is 9.37. The smallest absolute Gasteiger partial charge is 0.239 e. The van der Waals surface area contributed by atoms with Crippen molar-refractivity contribution in [3.05, 3.63) is 99.3 Å². The van der Waals surface area contributed by atoms with Gasteiger partial charge < -0.3 is 9.26 Å². The molecule has 0 bridgehead atoms. The van der Waals surface area contributed by atoms with Crippen LogP contribution in [-0.2, 0) is 13.0 Å². The van der Waals surface area contributed by atoms with Gasteiger partial charge in [0.05, 0.1) is 6.42 Å². The van der Waals surface area contributed by atoms with Crippen molar-refractivity contribution in [1.82, 2.24) is 25.3 Å². The molecule has 0 aliphatic heterocycles. The molecule has 0 radical (unpaired) electrons. The van der Waals surface area contributed by atoms with Crippen LogP contribution in [0.3, 0.4) is 0 Å². The van der Waals surface area contributed by atoms with E-state index in [1.807, 2.05) is 72.8 Å². The van der Waals surface area contributed by atoms with Gasteiger partial charge in [-0.05, 0) is 47.5 Å². The molecule has 0 aliphatic rings. The Morgan fingerprint density at radius 1 is 0.909 bits per heavy atom. The molecule has 1 N–H and O–H groups in total. The molecule has 0 saturated carbocycles. The number of nitrogens with one attached hydrogen (secondary N) is 1. The molecule has 0 saturated heterocycles. The minimum atomic E-state index is 0.363. The Hall–Kier alpha value is -3.49. The fraction of sp³-hybridized carbons (Fsp3) is 0.0833. The second kappa shape index (κ2) is 9.56. The molecule has 5 rings (SSSR count). The molecule has 0 aliphatic carbocycles. The van der Waals surface area contributed by atoms with Crippen molar-refractivity contribution >= 4 is 27.5 Å². The Morgan fingerprint density at radius 2 is 1.70 bits per heavy atom. The molecular weight excluding hydrogens is 506 g/mol. The minimum absolute atomic E-state index is 0.363. The van der Waals surface area contributed by atoms with Gasteiger partial charge >= 0.3 is 0 Å². The number of benzene rings is 3. The first kappa shape index (κ1) is 21.4. The van der Waals surface area contributed by atoms with Crippen LogP contribution in [0, 0.1) is 0 Å². The summed E-state index contributed by atoms with van der Waals surface area (Å²) in [6, 6.07) is 23.1. The number of hydrogen-bond acceptors (Lipinski definition) is 6. The van der Waals surface area contributed by atoms with E-state index < -0.39 is 0 Å². The third kappa shape index (κ3) is 5.30. The number of H-pyrrole nitrogens is 1. The zero-order chi connectivity index (χ0) is 22.6. The van der Waals surface area contributed by atoms with Crippen molar-refractivity contribution in [3.8, 4) is 28.8 Å². The number of aromatic amines is 1. The first-order valence-corrected chi connectivity index (χ1v) is 11.3. The maximum Gasteiger partial charge on any atom is 0.239 e. The number of hydrogen-bond donors (Lipinski definition) is 1. The van der Waals surface area contributed by atoms with Gasteiger partial charge in [-0.25, -0.2) is 4.98 Å². The molecule has 0 fully saturated rings. The zero-order valence-electron chi connectivity index (χ0n) is 17.2. The van der Waals surface area contributed by atoms with E-state index in [0.29, 0.717) is 41.4 Å². The Balaban J connectivity index is 1.21. The van der Waals surface area contributed by atoms with E-state index in [-0.39, 0.29) is 0 Å². The fourth-order valence-corrected chi connectivity index (χ4v) is 3.69. The van der Waals surface area contributed by atoms with Gasteiger partial charge in [-0.2, -0.15) is 10.1 Å². The van der Waals surface area contributed by atoms with Crippen molar-refractivity contribution in [3.63, 3.8) is 0 Å². The predicted octanol–water partition coefficient (Wildman–Crippen LogP) is 6.11. The molecule has 0 atom stereocenters. The van der Waals surface area contributed by atoms with Crippen molar-refractivity contribution < 1.29 is 9.26 Å². The molecule has 164 valence electrons. The van der Waals surface area contributed by atoms with Crippen LogP contribution in [0.2, 0.25) is 5.02 Å². The molecule has 3 aromatic carbocycles. The largest absolute Gasteiger partial charge is 0.489 e. The lowest BCUT2D eigenvalue weighted by Crippen LogP contribution is -1.95. The Labute approximate surface area is 202 Å². The van der Waals surface area contributed by atoms with Crippen LogP contribution in [0.4, 0.5) is 0 Å². The second-order valence-corrected chi connectivity index (χ2v) is 8.62. The molecule has 5 aromatic rings. The topological polar surface area (TPSA) is 89.7 Å². The van der Waals surface area contributed by atoms with Crippen molar-refractivity contribution in [2.75, 3.05) is 0 Å². The summed E-state index contributed by atoms with van der Waals surface area (Å²) in [6.45, 7) is 0.475. The molecule has 0 amide bonds. The van der Waals surface area contributed by atoms with E-state index in [9.17, 15) is 0 Å². The molecule has 9 heteroatoms. The summed E-state index contributed by atoms with van der Waals surface area (Å²) in [5.41, 5.74) is 2.96. The van der Waals surface area contributed by atoms with Gasteiger partial charge in [-0.3, -0.25) is 5.10 Å². The summed E-state index contributed by atoms with van der Waals surface area (Å²) < 4.78 is 12.2. The summed E-state index contributed by atoms with van der Waals surface area (Å²) in [5.74, 6) is 2.64. The first-order valence-electron chi connectivity index (χ1n) is 10.1. The zero-order valence-corrected chi connectivity index (χ0v) is 19.5. The monoisotopic (exact) mass is 521 g/mol. The summed E-state index contributed by atoms with van der Waals surface area (Å²) in [7, 11) is 0. The Bertz CT molecular complexity index is 1370. The average molecular weight is 523 g/mol. The maximum absolute atomic E-state index is 5.91. The van der Waals surface area contributed by atoms with Crippen LogP contribution >= 0.6 is 27.5 Å². The highest BCUT2D eigenvalue weighted by atomic mass is 79.9. The number of ether oxygens (including phenoxy) is 1. The molecule has 0 spiro atoms. The molecule has 33 heavy (non-hydrogen) atoms. The minimum Gasteiger partial charge on any atom is -0.489 e. The van der Waals surface area contributed by atoms with Crippen LogP contribution in [0.5, 0.6) is 5.75 Å². The van der Waals surface area contributed by atoms with E-state index in [1.165, 1.54) is 0 Å². The van der Waals surface area contributed by atoms with Crippen LogP contribution in [0.25, 0.3) is 23.0 Å². The third-order valence-corrected chi connectivity index (χ3v) is 5.59. The highest BCUT2D eigenvalue weighted by Gasteiger charge is 2.14. The molecule has 7 nitrogen and oxygen atoms in total. The summed E-state index contributed by atoms with van der Waals surface area (Å²) in [6.07, 6.45) is 0.497. The van der Waals surface area contributed by atoms with Crippen molar-refractivity contribution in [2.45, 2.75) is 13.0 Å². The van der Waals surface area contributed by atoms with E-state index >= 15 is 0 Å². The third-order valence-electron chi connectivity index (χ3n) is 4.85. The van der Waals surface area contributed by atoms with Gasteiger partial charge in [-0.15, -0.1) is 0 Å². The van der Waals surface area contributed by atoms with Gasteiger partial charge in [0.25, 0.3) is 0 Å². The lowest BCUT2D eigenvalue weighted by Gasteiger charge is -2.07. The van der Waals surface area contributed by atoms with Gasteiger partial charge in [-0.1, -0.05) is 69.1 Å². The average Bonchev–Trinajstić information content (AvgIpc) is 3.50. The van der Waals surface area contributed by atoms with Crippen molar-refractivity contribution in [2.24, 2.45) is 0 Å². The van der Waals surface area contributed by atoms with Crippen LogP contribution in [0.15, 0.2) is 81.8 Å². The van der Waals surface area contributed by atoms with Crippen LogP contribution in [-0.4, -0.2) is 25.3 Å². The highest BCUT2D eigenvalue weighted by Crippen LogP contribution is 2.22. The summed E-state index contributed by atoms with van der Waals surface area (Å²) in [5, 5.41) is 11.9. The number of rotatable bonds is 7. The predicted molar refractivity (Wildman–Crippen MR) is 128 cm³/mol. The Morgan fingerprint density at radius 3 is 2.48 bits per heavy atom. The van der Waals surface area contributed by atoms with E-state index in [4.69, 9.17) is 20.9 Å². The lowest BCUT2D eigenvalue weighted by atomic mass is 10.1. The molecule has 2 heterocycles. The van der Waals surface area contributed by atoms with Gasteiger partial charge in [0.1, 0.15) is 12.4 Å². The van der Waals surface area contributed by atoms with E-state index in [0.717, 1.165) is 26.9 Å². The highest BCUT2D eigenvalue weighted by molar-refractivity contribution is 9.10. The van der Waals surface area contributed by atoms with Gasteiger partial charge in [0.15, 0.2) is 11.6 Å². The normalized spacial score (nSPS) is 11.0. The lowest BCUT2D eigenvalue weighted by molar-refractivity contribution is 0.306. The summed E-state index contributed by atoms with van der Waals surface area (Å²) in [4.78, 5) is 8.92. The SMILES string of the molecule is Clc1ccc(COc2ccc(Cc3nc(-c4nc(-c5cccc(Br)c5)n[nH]4)no3)cc2)cc1. The van der Waals surface area contributed by atoms with Crippen molar-refractivity contribution in [1.29, 1.82) is 0 Å². The van der Waals surface area contributed by atoms with Gasteiger partial charge in [0.2, 0.25) is 11.7 Å². The number of aromatic nitrogens is 5.